The van der Waals surface area contributed by atoms with Gasteiger partial charge in [-0.1, -0.05) is 12.7 Å². The van der Waals surface area contributed by atoms with E-state index in [4.69, 9.17) is 0 Å². The molecule has 114 valence electrons. The zero-order valence-corrected chi connectivity index (χ0v) is 12.5. The van der Waals surface area contributed by atoms with Crippen LogP contribution in [0.3, 0.4) is 0 Å². The van der Waals surface area contributed by atoms with E-state index in [0.29, 0.717) is 6.42 Å². The molecule has 0 radical (unpaired) electrons. The number of ether oxygens (including phenoxy) is 1. The molecule has 0 saturated heterocycles. The van der Waals surface area contributed by atoms with Crippen LogP contribution in [-0.4, -0.2) is 35.4 Å². The molecule has 0 aliphatic heterocycles. The van der Waals surface area contributed by atoms with Gasteiger partial charge in [0.15, 0.2) is 5.78 Å². The minimum Gasteiger partial charge on any atom is -0.466 e. The van der Waals surface area contributed by atoms with Crippen molar-refractivity contribution in [3.8, 4) is 0 Å². The fourth-order valence-electron chi connectivity index (χ4n) is 2.12. The number of ketones is 2. The molecule has 1 aliphatic carbocycles. The van der Waals surface area contributed by atoms with Crippen LogP contribution in [0.25, 0.3) is 0 Å². The third-order valence-electron chi connectivity index (χ3n) is 3.44. The molecular weight excluding hydrogens is 272 g/mol. The van der Waals surface area contributed by atoms with E-state index in [0.717, 1.165) is 0 Å². The molecule has 5 nitrogen and oxygen atoms in total. The summed E-state index contributed by atoms with van der Waals surface area (Å²) in [5.74, 6) is -1.48. The normalized spacial score (nSPS) is 24.2. The van der Waals surface area contributed by atoms with Crippen LogP contribution in [0, 0.1) is 5.92 Å². The highest BCUT2D eigenvalue weighted by Crippen LogP contribution is 2.30. The minimum atomic E-state index is -1.37. The van der Waals surface area contributed by atoms with Crippen LogP contribution in [0.5, 0.6) is 0 Å². The molecular formula is C16H20O5. The Morgan fingerprint density at radius 2 is 2.14 bits per heavy atom. The zero-order chi connectivity index (χ0) is 16.2. The zero-order valence-electron chi connectivity index (χ0n) is 12.5. The van der Waals surface area contributed by atoms with Crippen LogP contribution in [0.15, 0.2) is 36.0 Å². The molecule has 1 N–H and O–H groups in total. The first-order valence-corrected chi connectivity index (χ1v) is 6.64. The van der Waals surface area contributed by atoms with Gasteiger partial charge in [-0.2, -0.15) is 0 Å². The molecule has 0 fully saturated rings. The van der Waals surface area contributed by atoms with E-state index < -0.39 is 17.5 Å². The first-order valence-electron chi connectivity index (χ1n) is 6.64. The van der Waals surface area contributed by atoms with Crippen molar-refractivity contribution in [2.75, 3.05) is 7.11 Å². The molecule has 21 heavy (non-hydrogen) atoms. The minimum absolute atomic E-state index is 0.0290. The summed E-state index contributed by atoms with van der Waals surface area (Å²) < 4.78 is 4.63. The Labute approximate surface area is 124 Å². The van der Waals surface area contributed by atoms with Crippen LogP contribution in [0.4, 0.5) is 0 Å². The van der Waals surface area contributed by atoms with E-state index in [9.17, 15) is 19.5 Å². The van der Waals surface area contributed by atoms with Crippen LogP contribution in [-0.2, 0) is 19.1 Å². The largest absolute Gasteiger partial charge is 0.466 e. The number of allylic oxidation sites excluding steroid dienone is 2. The predicted molar refractivity (Wildman–Crippen MR) is 77.4 cm³/mol. The van der Waals surface area contributed by atoms with Gasteiger partial charge in [0.2, 0.25) is 0 Å². The molecule has 0 heterocycles. The Bertz CT molecular complexity index is 537. The Morgan fingerprint density at radius 3 is 2.57 bits per heavy atom. The van der Waals surface area contributed by atoms with Crippen LogP contribution in [0.1, 0.15) is 26.7 Å². The van der Waals surface area contributed by atoms with E-state index in [1.54, 1.807) is 0 Å². The van der Waals surface area contributed by atoms with Crippen LogP contribution in [0.2, 0.25) is 0 Å². The Hall–Kier alpha value is -2.01. The number of esters is 1. The topological polar surface area (TPSA) is 80.7 Å². The molecule has 1 aliphatic rings. The molecule has 0 aromatic carbocycles. The number of hydrogen-bond donors (Lipinski definition) is 1. The maximum atomic E-state index is 11.8. The average Bonchev–Trinajstić information content (AvgIpc) is 2.67. The summed E-state index contributed by atoms with van der Waals surface area (Å²) >= 11 is 0. The summed E-state index contributed by atoms with van der Waals surface area (Å²) in [7, 11) is 1.24. The lowest BCUT2D eigenvalue weighted by molar-refractivity contribution is -0.136. The third-order valence-corrected chi connectivity index (χ3v) is 3.44. The molecule has 1 unspecified atom stereocenters. The summed E-state index contributed by atoms with van der Waals surface area (Å²) in [6, 6.07) is 0. The number of methoxy groups -OCH3 is 1. The van der Waals surface area contributed by atoms with Crippen molar-refractivity contribution < 1.29 is 24.2 Å². The number of rotatable bonds is 6. The van der Waals surface area contributed by atoms with Gasteiger partial charge in [0, 0.05) is 23.5 Å². The first-order chi connectivity index (χ1) is 9.69. The molecule has 0 amide bonds. The lowest BCUT2D eigenvalue weighted by Gasteiger charge is -2.20. The standard InChI is InChI=1S/C16H20O5/c1-10(17)5-6-12(11(2)15(19)21-4)9-13-14(18)7-8-16(13,3)20/h7-9,12,20H,2,5-6H2,1,3-4H3/b13-9+/t12?,16-/m1/s1. The quantitative estimate of drug-likeness (QED) is 0.593. The molecule has 2 atom stereocenters. The van der Waals surface area contributed by atoms with Crippen molar-refractivity contribution in [2.24, 2.45) is 5.92 Å². The molecule has 0 aromatic rings. The van der Waals surface area contributed by atoms with E-state index in [1.165, 1.54) is 39.2 Å². The van der Waals surface area contributed by atoms with Gasteiger partial charge in [-0.05, 0) is 32.4 Å². The average molecular weight is 292 g/mol. The summed E-state index contributed by atoms with van der Waals surface area (Å²) in [5.41, 5.74) is -1.04. The van der Waals surface area contributed by atoms with Gasteiger partial charge in [0.1, 0.15) is 11.4 Å². The summed E-state index contributed by atoms with van der Waals surface area (Å²) in [5, 5.41) is 10.1. The van der Waals surface area contributed by atoms with E-state index >= 15 is 0 Å². The Kier molecular flexibility index (Phi) is 5.38. The van der Waals surface area contributed by atoms with Gasteiger partial charge in [-0.15, -0.1) is 0 Å². The predicted octanol–water partition coefficient (Wildman–Crippen LogP) is 1.52. The van der Waals surface area contributed by atoms with Gasteiger partial charge in [0.25, 0.3) is 0 Å². The van der Waals surface area contributed by atoms with E-state index in [1.807, 2.05) is 0 Å². The van der Waals surface area contributed by atoms with E-state index in [2.05, 4.69) is 11.3 Å². The maximum absolute atomic E-state index is 11.8. The van der Waals surface area contributed by atoms with Gasteiger partial charge in [-0.3, -0.25) is 4.79 Å². The lowest BCUT2D eigenvalue weighted by atomic mass is 9.88. The Balaban J connectivity index is 3.07. The van der Waals surface area contributed by atoms with Crippen molar-refractivity contribution in [3.63, 3.8) is 0 Å². The number of Topliss-reactive ketones (excluding diaryl/α,β-unsaturated/α-hetero) is 1. The highest BCUT2D eigenvalue weighted by molar-refractivity contribution is 6.09. The highest BCUT2D eigenvalue weighted by Gasteiger charge is 2.34. The lowest BCUT2D eigenvalue weighted by Crippen LogP contribution is -2.25. The fourth-order valence-corrected chi connectivity index (χ4v) is 2.12. The van der Waals surface area contributed by atoms with Crippen LogP contribution < -0.4 is 0 Å². The monoisotopic (exact) mass is 292 g/mol. The third kappa shape index (κ3) is 4.23. The van der Waals surface area contributed by atoms with Gasteiger partial charge < -0.3 is 14.6 Å². The van der Waals surface area contributed by atoms with Gasteiger partial charge in [-0.25, -0.2) is 4.79 Å². The fraction of sp³-hybridized carbons (Fsp3) is 0.438. The molecule has 5 heteroatoms. The summed E-state index contributed by atoms with van der Waals surface area (Å²) in [6.07, 6.45) is 4.76. The van der Waals surface area contributed by atoms with Crippen LogP contribution >= 0.6 is 0 Å². The number of carbonyl (C=O) groups is 3. The second kappa shape index (κ2) is 6.63. The van der Waals surface area contributed by atoms with E-state index in [-0.39, 0.29) is 29.1 Å². The second-order valence-electron chi connectivity index (χ2n) is 5.29. The smallest absolute Gasteiger partial charge is 0.333 e. The maximum Gasteiger partial charge on any atom is 0.333 e. The molecule has 0 spiro atoms. The number of aliphatic hydroxyl groups is 1. The first kappa shape index (κ1) is 17.0. The SMILES string of the molecule is C=C(C(=O)OC)C(/C=C1\C(=O)C=C[C@@]1(C)O)CCC(C)=O. The summed E-state index contributed by atoms with van der Waals surface area (Å²) in [6.45, 7) is 6.61. The van der Waals surface area contributed by atoms with Gasteiger partial charge in [0.05, 0.1) is 7.11 Å². The Morgan fingerprint density at radius 1 is 1.52 bits per heavy atom. The number of hydrogen-bond acceptors (Lipinski definition) is 5. The van der Waals surface area contributed by atoms with Gasteiger partial charge >= 0.3 is 5.97 Å². The van der Waals surface area contributed by atoms with Crippen molar-refractivity contribution in [2.45, 2.75) is 32.3 Å². The molecule has 1 rings (SSSR count). The molecule has 0 bridgehead atoms. The second-order valence-corrected chi connectivity index (χ2v) is 5.29. The highest BCUT2D eigenvalue weighted by atomic mass is 16.5. The number of carbonyl (C=O) groups excluding carboxylic acids is 3. The molecule has 0 saturated carbocycles. The van der Waals surface area contributed by atoms with Crippen molar-refractivity contribution >= 4 is 17.5 Å². The van der Waals surface area contributed by atoms with Crippen molar-refractivity contribution in [3.05, 3.63) is 36.0 Å². The summed E-state index contributed by atoms with van der Waals surface area (Å²) in [4.78, 5) is 34.6. The van der Waals surface area contributed by atoms with Crippen molar-refractivity contribution in [1.82, 2.24) is 0 Å². The molecule has 0 aromatic heterocycles. The van der Waals surface area contributed by atoms with Crippen molar-refractivity contribution in [1.29, 1.82) is 0 Å².